The van der Waals surface area contributed by atoms with Gasteiger partial charge in [0.25, 0.3) is 0 Å². The largest absolute Gasteiger partial charge is 0.382 e. The first-order valence-corrected chi connectivity index (χ1v) is 4.46. The molecule has 0 aromatic heterocycles. The molecule has 0 heterocycles. The number of ether oxygens (including phenoxy) is 1. The number of rotatable bonds is 6. The molecule has 0 radical (unpaired) electrons. The highest BCUT2D eigenvalue weighted by molar-refractivity contribution is 4.63. The lowest BCUT2D eigenvalue weighted by molar-refractivity contribution is 0.102. The van der Waals surface area contributed by atoms with Crippen LogP contribution in [0.1, 0.15) is 33.6 Å². The lowest BCUT2D eigenvalue weighted by Gasteiger charge is -2.16. The maximum Gasteiger partial charge on any atom is 0.0557 e. The molecule has 0 aromatic carbocycles. The first kappa shape index (κ1) is 10.9. The van der Waals surface area contributed by atoms with Crippen molar-refractivity contribution in [2.75, 3.05) is 13.7 Å². The molecular weight excluding hydrogens is 138 g/mol. The van der Waals surface area contributed by atoms with Crippen LogP contribution in [-0.4, -0.2) is 25.8 Å². The van der Waals surface area contributed by atoms with Crippen LogP contribution in [0.4, 0.5) is 0 Å². The minimum Gasteiger partial charge on any atom is -0.382 e. The zero-order valence-corrected chi connectivity index (χ0v) is 8.18. The minimum atomic E-state index is 0.370. The van der Waals surface area contributed by atoms with Crippen LogP contribution in [0.25, 0.3) is 0 Å². The van der Waals surface area contributed by atoms with Gasteiger partial charge in [-0.2, -0.15) is 0 Å². The fraction of sp³-hybridized carbons (Fsp3) is 1.00. The number of nitrogens with one attached hydrogen (secondary N) is 1. The smallest absolute Gasteiger partial charge is 0.0557 e. The standard InChI is InChI=1S/C9H21NO/c1-5-6-10-8(2)7-9(3)11-4/h8-10H,5-7H2,1-4H3. The normalized spacial score (nSPS) is 16.4. The molecule has 2 nitrogen and oxygen atoms in total. The summed E-state index contributed by atoms with van der Waals surface area (Å²) in [6.07, 6.45) is 2.66. The Morgan fingerprint density at radius 2 is 2.00 bits per heavy atom. The van der Waals surface area contributed by atoms with Gasteiger partial charge in [-0.1, -0.05) is 6.92 Å². The first-order chi connectivity index (χ1) is 5.20. The zero-order chi connectivity index (χ0) is 8.69. The Morgan fingerprint density at radius 3 is 2.45 bits per heavy atom. The van der Waals surface area contributed by atoms with Gasteiger partial charge in [-0.3, -0.25) is 0 Å². The van der Waals surface area contributed by atoms with Gasteiger partial charge < -0.3 is 10.1 Å². The van der Waals surface area contributed by atoms with Crippen molar-refractivity contribution >= 4 is 0 Å². The van der Waals surface area contributed by atoms with Gasteiger partial charge in [-0.15, -0.1) is 0 Å². The molecule has 11 heavy (non-hydrogen) atoms. The second-order valence-corrected chi connectivity index (χ2v) is 3.14. The number of methoxy groups -OCH3 is 1. The molecule has 0 aromatic rings. The van der Waals surface area contributed by atoms with Crippen molar-refractivity contribution in [1.82, 2.24) is 5.32 Å². The second kappa shape index (κ2) is 6.62. The summed E-state index contributed by atoms with van der Waals surface area (Å²) in [7, 11) is 1.76. The monoisotopic (exact) mass is 159 g/mol. The second-order valence-electron chi connectivity index (χ2n) is 3.14. The van der Waals surface area contributed by atoms with E-state index >= 15 is 0 Å². The summed E-state index contributed by atoms with van der Waals surface area (Å²) in [4.78, 5) is 0. The Bertz CT molecular complexity index is 85.6. The topological polar surface area (TPSA) is 21.3 Å². The number of hydrogen-bond acceptors (Lipinski definition) is 2. The molecule has 0 fully saturated rings. The number of hydrogen-bond donors (Lipinski definition) is 1. The summed E-state index contributed by atoms with van der Waals surface area (Å²) < 4.78 is 5.16. The van der Waals surface area contributed by atoms with E-state index in [-0.39, 0.29) is 0 Å². The Labute approximate surface area is 70.3 Å². The predicted octanol–water partition coefficient (Wildman–Crippen LogP) is 1.80. The van der Waals surface area contributed by atoms with Crippen molar-refractivity contribution < 1.29 is 4.74 Å². The van der Waals surface area contributed by atoms with Crippen LogP contribution in [-0.2, 0) is 4.74 Å². The van der Waals surface area contributed by atoms with E-state index in [1.807, 2.05) is 0 Å². The van der Waals surface area contributed by atoms with Gasteiger partial charge in [0.1, 0.15) is 0 Å². The van der Waals surface area contributed by atoms with Gasteiger partial charge in [-0.05, 0) is 33.2 Å². The molecule has 2 unspecified atom stereocenters. The van der Waals surface area contributed by atoms with Crippen LogP contribution >= 0.6 is 0 Å². The fourth-order valence-electron chi connectivity index (χ4n) is 1.07. The van der Waals surface area contributed by atoms with Crippen LogP contribution in [0, 0.1) is 0 Å². The summed E-state index contributed by atoms with van der Waals surface area (Å²) in [5, 5.41) is 3.42. The molecule has 0 bridgehead atoms. The molecule has 0 aliphatic heterocycles. The molecular formula is C9H21NO. The van der Waals surface area contributed by atoms with Crippen molar-refractivity contribution in [3.05, 3.63) is 0 Å². The van der Waals surface area contributed by atoms with Gasteiger partial charge in [0, 0.05) is 13.2 Å². The van der Waals surface area contributed by atoms with E-state index in [1.54, 1.807) is 7.11 Å². The van der Waals surface area contributed by atoms with Crippen molar-refractivity contribution in [2.24, 2.45) is 0 Å². The highest BCUT2D eigenvalue weighted by atomic mass is 16.5. The van der Waals surface area contributed by atoms with E-state index in [2.05, 4.69) is 26.1 Å². The van der Waals surface area contributed by atoms with E-state index < -0.39 is 0 Å². The summed E-state index contributed by atoms with van der Waals surface area (Å²) in [5.74, 6) is 0. The van der Waals surface area contributed by atoms with E-state index in [9.17, 15) is 0 Å². The van der Waals surface area contributed by atoms with Crippen molar-refractivity contribution in [2.45, 2.75) is 45.8 Å². The lowest BCUT2D eigenvalue weighted by Crippen LogP contribution is -2.30. The molecule has 68 valence electrons. The van der Waals surface area contributed by atoms with Gasteiger partial charge in [-0.25, -0.2) is 0 Å². The van der Waals surface area contributed by atoms with Gasteiger partial charge in [0.15, 0.2) is 0 Å². The Morgan fingerprint density at radius 1 is 1.36 bits per heavy atom. The average Bonchev–Trinajstić information content (AvgIpc) is 2.00. The minimum absolute atomic E-state index is 0.370. The molecule has 2 heteroatoms. The first-order valence-electron chi connectivity index (χ1n) is 4.46. The van der Waals surface area contributed by atoms with Crippen LogP contribution in [0.3, 0.4) is 0 Å². The molecule has 0 rings (SSSR count). The Kier molecular flexibility index (Phi) is 6.57. The third-order valence-corrected chi connectivity index (χ3v) is 1.83. The quantitative estimate of drug-likeness (QED) is 0.638. The van der Waals surface area contributed by atoms with Gasteiger partial charge in [0.05, 0.1) is 6.10 Å². The van der Waals surface area contributed by atoms with E-state index in [0.29, 0.717) is 12.1 Å². The van der Waals surface area contributed by atoms with Gasteiger partial charge >= 0.3 is 0 Å². The Hall–Kier alpha value is -0.0800. The summed E-state index contributed by atoms with van der Waals surface area (Å²) in [6.45, 7) is 7.59. The summed E-state index contributed by atoms with van der Waals surface area (Å²) in [6, 6.07) is 0.574. The van der Waals surface area contributed by atoms with Crippen molar-refractivity contribution in [1.29, 1.82) is 0 Å². The molecule has 0 spiro atoms. The molecule has 0 aliphatic carbocycles. The fourth-order valence-corrected chi connectivity index (χ4v) is 1.07. The lowest BCUT2D eigenvalue weighted by atomic mass is 10.1. The van der Waals surface area contributed by atoms with Crippen LogP contribution < -0.4 is 5.32 Å². The van der Waals surface area contributed by atoms with Crippen LogP contribution in [0.15, 0.2) is 0 Å². The highest BCUT2D eigenvalue weighted by Gasteiger charge is 2.05. The predicted molar refractivity (Wildman–Crippen MR) is 48.8 cm³/mol. The molecule has 0 saturated heterocycles. The maximum absolute atomic E-state index is 5.16. The van der Waals surface area contributed by atoms with Crippen molar-refractivity contribution in [3.63, 3.8) is 0 Å². The molecule has 0 aliphatic rings. The van der Waals surface area contributed by atoms with Crippen LogP contribution in [0.2, 0.25) is 0 Å². The summed E-state index contributed by atoms with van der Waals surface area (Å²) in [5.41, 5.74) is 0. The zero-order valence-electron chi connectivity index (χ0n) is 8.18. The Balaban J connectivity index is 3.27. The molecule has 0 saturated carbocycles. The molecule has 1 N–H and O–H groups in total. The van der Waals surface area contributed by atoms with Gasteiger partial charge in [0.2, 0.25) is 0 Å². The van der Waals surface area contributed by atoms with E-state index in [1.165, 1.54) is 6.42 Å². The third-order valence-electron chi connectivity index (χ3n) is 1.83. The third kappa shape index (κ3) is 6.32. The van der Waals surface area contributed by atoms with Crippen molar-refractivity contribution in [3.8, 4) is 0 Å². The van der Waals surface area contributed by atoms with E-state index in [0.717, 1.165) is 13.0 Å². The average molecular weight is 159 g/mol. The summed E-state index contributed by atoms with van der Waals surface area (Å²) >= 11 is 0. The van der Waals surface area contributed by atoms with Crippen LogP contribution in [0.5, 0.6) is 0 Å². The maximum atomic E-state index is 5.16. The molecule has 2 atom stereocenters. The van der Waals surface area contributed by atoms with E-state index in [4.69, 9.17) is 4.74 Å². The highest BCUT2D eigenvalue weighted by Crippen LogP contribution is 1.99. The SMILES string of the molecule is CCCNC(C)CC(C)OC. The molecule has 0 amide bonds.